The molecule has 1 unspecified atom stereocenters. The number of benzene rings is 1. The zero-order valence-electron chi connectivity index (χ0n) is 7.86. The lowest BCUT2D eigenvalue weighted by Gasteiger charge is -2.02. The standard InChI is InChI=1S/C10H6F3NO2/c11-10(12,13)9-14-7(8(15)16-9)6-4-2-1-3-5-6/h1-5,7H. The lowest BCUT2D eigenvalue weighted by atomic mass is 10.1. The SMILES string of the molecule is O=C1OC(C(F)(F)F)=NC1c1ccccc1. The molecule has 84 valence electrons. The number of esters is 1. The molecular weight excluding hydrogens is 223 g/mol. The summed E-state index contributed by atoms with van der Waals surface area (Å²) >= 11 is 0. The Balaban J connectivity index is 2.31. The van der Waals surface area contributed by atoms with E-state index in [2.05, 4.69) is 9.73 Å². The number of carbonyl (C=O) groups is 1. The second-order valence-electron chi connectivity index (χ2n) is 3.17. The number of hydrogen-bond acceptors (Lipinski definition) is 3. The van der Waals surface area contributed by atoms with Crippen molar-refractivity contribution in [1.82, 2.24) is 0 Å². The molecule has 0 fully saturated rings. The van der Waals surface area contributed by atoms with Gasteiger partial charge in [0.1, 0.15) is 0 Å². The van der Waals surface area contributed by atoms with Gasteiger partial charge in [-0.2, -0.15) is 13.2 Å². The van der Waals surface area contributed by atoms with Gasteiger partial charge in [-0.05, 0) is 5.56 Å². The van der Waals surface area contributed by atoms with Gasteiger partial charge >= 0.3 is 18.0 Å². The van der Waals surface area contributed by atoms with Crippen LogP contribution >= 0.6 is 0 Å². The first-order valence-corrected chi connectivity index (χ1v) is 4.40. The predicted octanol–water partition coefficient (Wildman–Crippen LogP) is 2.25. The Morgan fingerprint density at radius 1 is 1.19 bits per heavy atom. The second kappa shape index (κ2) is 3.62. The Hall–Kier alpha value is -1.85. The van der Waals surface area contributed by atoms with Gasteiger partial charge in [-0.15, -0.1) is 0 Å². The Bertz CT molecular complexity index is 439. The van der Waals surface area contributed by atoms with Gasteiger partial charge in [0.25, 0.3) is 0 Å². The van der Waals surface area contributed by atoms with Crippen LogP contribution in [0.15, 0.2) is 35.3 Å². The number of cyclic esters (lactones) is 1. The summed E-state index contributed by atoms with van der Waals surface area (Å²) < 4.78 is 40.7. The highest BCUT2D eigenvalue weighted by atomic mass is 19.4. The fraction of sp³-hybridized carbons (Fsp3) is 0.200. The van der Waals surface area contributed by atoms with E-state index in [1.165, 1.54) is 12.1 Å². The van der Waals surface area contributed by atoms with Crippen LogP contribution in [-0.4, -0.2) is 18.0 Å². The van der Waals surface area contributed by atoms with Crippen molar-refractivity contribution < 1.29 is 22.7 Å². The molecular formula is C10H6F3NO2. The molecule has 0 spiro atoms. The summed E-state index contributed by atoms with van der Waals surface area (Å²) in [7, 11) is 0. The number of carbonyl (C=O) groups excluding carboxylic acids is 1. The van der Waals surface area contributed by atoms with E-state index in [9.17, 15) is 18.0 Å². The zero-order valence-corrected chi connectivity index (χ0v) is 7.86. The molecule has 0 amide bonds. The van der Waals surface area contributed by atoms with Crippen LogP contribution in [0.25, 0.3) is 0 Å². The average molecular weight is 229 g/mol. The van der Waals surface area contributed by atoms with E-state index in [0.717, 1.165) is 0 Å². The zero-order chi connectivity index (χ0) is 11.8. The summed E-state index contributed by atoms with van der Waals surface area (Å²) in [6, 6.07) is 6.76. The van der Waals surface area contributed by atoms with Gasteiger partial charge in [0.05, 0.1) is 0 Å². The lowest BCUT2D eigenvalue weighted by molar-refractivity contribution is -0.139. The van der Waals surface area contributed by atoms with Crippen LogP contribution in [0.4, 0.5) is 13.2 Å². The third-order valence-electron chi connectivity index (χ3n) is 2.02. The molecule has 0 aliphatic carbocycles. The van der Waals surface area contributed by atoms with Crippen molar-refractivity contribution in [2.75, 3.05) is 0 Å². The fourth-order valence-electron chi connectivity index (χ4n) is 1.32. The van der Waals surface area contributed by atoms with E-state index in [1.807, 2.05) is 0 Å². The number of halogens is 3. The van der Waals surface area contributed by atoms with E-state index >= 15 is 0 Å². The van der Waals surface area contributed by atoms with E-state index in [-0.39, 0.29) is 0 Å². The first-order chi connectivity index (χ1) is 7.48. The van der Waals surface area contributed by atoms with Gasteiger partial charge in [0, 0.05) is 0 Å². The Labute approximate surface area is 88.6 Å². The molecule has 0 bridgehead atoms. The maximum Gasteiger partial charge on any atom is 0.468 e. The number of alkyl halides is 3. The molecule has 1 aliphatic rings. The first-order valence-electron chi connectivity index (χ1n) is 4.40. The second-order valence-corrected chi connectivity index (χ2v) is 3.17. The van der Waals surface area contributed by atoms with Gasteiger partial charge in [-0.1, -0.05) is 30.3 Å². The number of ether oxygens (including phenoxy) is 1. The summed E-state index contributed by atoms with van der Waals surface area (Å²) in [6.45, 7) is 0. The van der Waals surface area contributed by atoms with E-state index < -0.39 is 24.1 Å². The van der Waals surface area contributed by atoms with Crippen molar-refractivity contribution in [2.45, 2.75) is 12.2 Å². The third kappa shape index (κ3) is 1.91. The molecule has 0 radical (unpaired) electrons. The van der Waals surface area contributed by atoms with Crippen LogP contribution in [0.2, 0.25) is 0 Å². The summed E-state index contributed by atoms with van der Waals surface area (Å²) in [4.78, 5) is 14.4. The molecule has 1 aliphatic heterocycles. The highest BCUT2D eigenvalue weighted by Crippen LogP contribution is 2.30. The maximum absolute atomic E-state index is 12.2. The fourth-order valence-corrected chi connectivity index (χ4v) is 1.32. The molecule has 0 saturated carbocycles. The predicted molar refractivity (Wildman–Crippen MR) is 48.8 cm³/mol. The molecule has 0 N–H and O–H groups in total. The Morgan fingerprint density at radius 3 is 2.31 bits per heavy atom. The van der Waals surface area contributed by atoms with E-state index in [0.29, 0.717) is 5.56 Å². The Kier molecular flexibility index (Phi) is 2.41. The molecule has 1 aromatic rings. The van der Waals surface area contributed by atoms with Crippen LogP contribution in [-0.2, 0) is 9.53 Å². The highest BCUT2D eigenvalue weighted by Gasteiger charge is 2.46. The molecule has 1 aromatic carbocycles. The molecule has 6 heteroatoms. The monoisotopic (exact) mass is 229 g/mol. The van der Waals surface area contributed by atoms with Crippen LogP contribution in [0.3, 0.4) is 0 Å². The molecule has 3 nitrogen and oxygen atoms in total. The first kappa shape index (κ1) is 10.7. The summed E-state index contributed by atoms with van der Waals surface area (Å²) in [5, 5.41) is 0. The van der Waals surface area contributed by atoms with Gasteiger partial charge in [-0.3, -0.25) is 0 Å². The molecule has 1 atom stereocenters. The molecule has 2 rings (SSSR count). The number of aliphatic imine (C=N–C) groups is 1. The number of hydrogen-bond donors (Lipinski definition) is 0. The average Bonchev–Trinajstić information content (AvgIpc) is 2.61. The minimum Gasteiger partial charge on any atom is -0.401 e. The summed E-state index contributed by atoms with van der Waals surface area (Å²) in [6.07, 6.45) is -4.72. The van der Waals surface area contributed by atoms with Gasteiger partial charge in [0.2, 0.25) is 0 Å². The Morgan fingerprint density at radius 2 is 1.81 bits per heavy atom. The van der Waals surface area contributed by atoms with Crippen molar-refractivity contribution in [2.24, 2.45) is 4.99 Å². The van der Waals surface area contributed by atoms with Crippen LogP contribution in [0.1, 0.15) is 11.6 Å². The molecule has 16 heavy (non-hydrogen) atoms. The van der Waals surface area contributed by atoms with E-state index in [1.54, 1.807) is 18.2 Å². The van der Waals surface area contributed by atoms with Gasteiger partial charge in [0.15, 0.2) is 6.04 Å². The smallest absolute Gasteiger partial charge is 0.401 e. The number of rotatable bonds is 1. The minimum absolute atomic E-state index is 0.381. The van der Waals surface area contributed by atoms with Crippen molar-refractivity contribution in [1.29, 1.82) is 0 Å². The van der Waals surface area contributed by atoms with Crippen molar-refractivity contribution >= 4 is 11.9 Å². The minimum atomic E-state index is -4.72. The van der Waals surface area contributed by atoms with Gasteiger partial charge in [-0.25, -0.2) is 9.79 Å². The molecule has 0 aromatic heterocycles. The van der Waals surface area contributed by atoms with Crippen LogP contribution in [0.5, 0.6) is 0 Å². The summed E-state index contributed by atoms with van der Waals surface area (Å²) in [5.74, 6) is -2.48. The molecule has 0 saturated heterocycles. The van der Waals surface area contributed by atoms with Crippen LogP contribution < -0.4 is 0 Å². The van der Waals surface area contributed by atoms with Crippen molar-refractivity contribution in [3.05, 3.63) is 35.9 Å². The van der Waals surface area contributed by atoms with Crippen molar-refractivity contribution in [3.8, 4) is 0 Å². The topological polar surface area (TPSA) is 38.7 Å². The molecule has 1 heterocycles. The number of nitrogens with zero attached hydrogens (tertiary/aromatic N) is 1. The lowest BCUT2D eigenvalue weighted by Crippen LogP contribution is -2.23. The van der Waals surface area contributed by atoms with Gasteiger partial charge < -0.3 is 4.74 Å². The summed E-state index contributed by atoms with van der Waals surface area (Å²) in [5.41, 5.74) is 0.381. The van der Waals surface area contributed by atoms with E-state index in [4.69, 9.17) is 0 Å². The quantitative estimate of drug-likeness (QED) is 0.692. The maximum atomic E-state index is 12.2. The van der Waals surface area contributed by atoms with Crippen molar-refractivity contribution in [3.63, 3.8) is 0 Å². The highest BCUT2D eigenvalue weighted by molar-refractivity contribution is 6.00. The third-order valence-corrected chi connectivity index (χ3v) is 2.02. The largest absolute Gasteiger partial charge is 0.468 e. The van der Waals surface area contributed by atoms with Crippen LogP contribution in [0, 0.1) is 0 Å². The normalized spacial score (nSPS) is 20.6.